The topological polar surface area (TPSA) is 88.8 Å². The largest absolute Gasteiger partial charge is 0.415 e. The average Bonchev–Trinajstić information content (AvgIpc) is 3.47. The average molecular weight is 418 g/mol. The Kier molecular flexibility index (Phi) is 4.73. The zero-order valence-corrected chi connectivity index (χ0v) is 16.1. The first-order valence-corrected chi connectivity index (χ1v) is 9.96. The maximum atomic E-state index is 13.2. The number of halogens is 2. The number of rotatable bonds is 4. The highest BCUT2D eigenvalue weighted by Crippen LogP contribution is 2.33. The van der Waals surface area contributed by atoms with E-state index in [1.54, 1.807) is 23.1 Å². The fourth-order valence-electron chi connectivity index (χ4n) is 4.56. The third-order valence-electron chi connectivity index (χ3n) is 6.02. The van der Waals surface area contributed by atoms with Crippen molar-refractivity contribution >= 4 is 11.8 Å². The fraction of sp³-hybridized carbons (Fsp3) is 0.500. The number of carbonyl (C=O) groups excluding carboxylic acids is 2. The van der Waals surface area contributed by atoms with Crippen LogP contribution >= 0.6 is 0 Å². The zero-order valence-electron chi connectivity index (χ0n) is 16.1. The van der Waals surface area contributed by atoms with Crippen LogP contribution in [0.1, 0.15) is 47.5 Å². The predicted octanol–water partition coefficient (Wildman–Crippen LogP) is 2.41. The van der Waals surface area contributed by atoms with Crippen molar-refractivity contribution in [1.82, 2.24) is 20.0 Å². The van der Waals surface area contributed by atoms with Gasteiger partial charge in [0.05, 0.1) is 18.7 Å². The molecule has 3 aliphatic heterocycles. The number of likely N-dealkylation sites (tertiary alicyclic amines) is 1. The second-order valence-corrected chi connectivity index (χ2v) is 7.74. The third-order valence-corrected chi connectivity index (χ3v) is 6.02. The van der Waals surface area contributed by atoms with Crippen LogP contribution in [0.2, 0.25) is 0 Å². The molecule has 0 saturated carbocycles. The van der Waals surface area contributed by atoms with E-state index in [1.165, 1.54) is 0 Å². The third kappa shape index (κ3) is 3.15. The number of nitrogens with zero attached hydrogens (tertiary/aromatic N) is 4. The summed E-state index contributed by atoms with van der Waals surface area (Å²) in [7, 11) is 0. The summed E-state index contributed by atoms with van der Waals surface area (Å²) >= 11 is 0. The van der Waals surface area contributed by atoms with Crippen molar-refractivity contribution < 1.29 is 27.5 Å². The Morgan fingerprint density at radius 1 is 1.13 bits per heavy atom. The molecular weight excluding hydrogens is 398 g/mol. The van der Waals surface area contributed by atoms with Gasteiger partial charge in [-0.3, -0.25) is 9.59 Å². The van der Waals surface area contributed by atoms with Gasteiger partial charge in [-0.2, -0.15) is 8.78 Å². The molecule has 0 bridgehead atoms. The lowest BCUT2D eigenvalue weighted by atomic mass is 10.00. The number of benzene rings is 1. The summed E-state index contributed by atoms with van der Waals surface area (Å²) in [6, 6.07) is 4.79. The number of aromatic nitrogens is 2. The van der Waals surface area contributed by atoms with Crippen LogP contribution in [0.5, 0.6) is 0 Å². The molecule has 2 amide bonds. The van der Waals surface area contributed by atoms with Crippen molar-refractivity contribution in [2.24, 2.45) is 0 Å². The zero-order chi connectivity index (χ0) is 20.8. The second-order valence-electron chi connectivity index (χ2n) is 7.74. The van der Waals surface area contributed by atoms with E-state index in [4.69, 9.17) is 9.15 Å². The number of amides is 2. The lowest BCUT2D eigenvalue weighted by molar-refractivity contribution is -0.134. The Hall–Kier alpha value is -2.88. The van der Waals surface area contributed by atoms with Gasteiger partial charge in [-0.1, -0.05) is 6.07 Å². The molecule has 0 N–H and O–H groups in total. The maximum absolute atomic E-state index is 13.2. The number of alkyl halides is 2. The molecule has 0 spiro atoms. The molecule has 158 valence electrons. The molecule has 5 rings (SSSR count). The standard InChI is InChI=1S/C20H20F2N4O4/c21-17(22)19-24-23-18(30-19)11-3-4-12-9-26(20(28)13(12)8-11)14-5-7-29-10-15(14)25-6-1-2-16(25)27/h3-4,8,14-15,17H,1-2,5-7,9-10H2/t14-,15-/m1/s1. The van der Waals surface area contributed by atoms with Gasteiger partial charge in [0.15, 0.2) is 0 Å². The fourth-order valence-corrected chi connectivity index (χ4v) is 4.56. The molecule has 2 aromatic rings. The van der Waals surface area contributed by atoms with Crippen LogP contribution in [0.3, 0.4) is 0 Å². The van der Waals surface area contributed by atoms with Crippen molar-refractivity contribution in [3.63, 3.8) is 0 Å². The van der Waals surface area contributed by atoms with Crippen molar-refractivity contribution in [1.29, 1.82) is 0 Å². The molecule has 0 radical (unpaired) electrons. The quantitative estimate of drug-likeness (QED) is 0.758. The molecule has 4 heterocycles. The molecule has 30 heavy (non-hydrogen) atoms. The molecule has 0 aliphatic carbocycles. The maximum Gasteiger partial charge on any atom is 0.314 e. The van der Waals surface area contributed by atoms with Gasteiger partial charge in [0.2, 0.25) is 11.8 Å². The van der Waals surface area contributed by atoms with Crippen molar-refractivity contribution in [2.45, 2.75) is 44.3 Å². The van der Waals surface area contributed by atoms with Gasteiger partial charge in [-0.05, 0) is 30.5 Å². The van der Waals surface area contributed by atoms with E-state index < -0.39 is 12.3 Å². The van der Waals surface area contributed by atoms with E-state index in [2.05, 4.69) is 10.2 Å². The molecule has 2 saturated heterocycles. The van der Waals surface area contributed by atoms with Crippen LogP contribution < -0.4 is 0 Å². The van der Waals surface area contributed by atoms with Crippen LogP contribution in [-0.4, -0.2) is 63.7 Å². The molecule has 2 atom stereocenters. The first-order chi connectivity index (χ1) is 14.5. The summed E-state index contributed by atoms with van der Waals surface area (Å²) < 4.78 is 36.1. The van der Waals surface area contributed by atoms with Crippen molar-refractivity contribution in [3.05, 3.63) is 35.2 Å². The Morgan fingerprint density at radius 3 is 2.73 bits per heavy atom. The minimum Gasteiger partial charge on any atom is -0.415 e. The van der Waals surface area contributed by atoms with Crippen LogP contribution in [0.15, 0.2) is 22.6 Å². The molecule has 0 unspecified atom stereocenters. The minimum absolute atomic E-state index is 0.0500. The van der Waals surface area contributed by atoms with E-state index in [1.807, 2.05) is 4.90 Å². The van der Waals surface area contributed by atoms with Crippen molar-refractivity contribution in [2.75, 3.05) is 19.8 Å². The van der Waals surface area contributed by atoms with E-state index in [9.17, 15) is 18.4 Å². The normalized spacial score (nSPS) is 24.2. The number of carbonyl (C=O) groups is 2. The highest BCUT2D eigenvalue weighted by atomic mass is 19.3. The Balaban J connectivity index is 1.41. The van der Waals surface area contributed by atoms with Crippen LogP contribution in [0.4, 0.5) is 8.78 Å². The summed E-state index contributed by atoms with van der Waals surface area (Å²) in [5, 5.41) is 7.00. The highest BCUT2D eigenvalue weighted by Gasteiger charge is 2.43. The first-order valence-electron chi connectivity index (χ1n) is 9.96. The van der Waals surface area contributed by atoms with Gasteiger partial charge in [-0.25, -0.2) is 0 Å². The van der Waals surface area contributed by atoms with Gasteiger partial charge in [0.25, 0.3) is 11.8 Å². The highest BCUT2D eigenvalue weighted by molar-refractivity contribution is 5.99. The molecule has 1 aromatic carbocycles. The number of ether oxygens (including phenoxy) is 1. The summed E-state index contributed by atoms with van der Waals surface area (Å²) in [5.41, 5.74) is 1.75. The van der Waals surface area contributed by atoms with Crippen LogP contribution in [0, 0.1) is 0 Å². The number of fused-ring (bicyclic) bond motifs is 1. The lowest BCUT2D eigenvalue weighted by Crippen LogP contribution is -2.57. The van der Waals surface area contributed by atoms with Crippen LogP contribution in [0.25, 0.3) is 11.5 Å². The molecule has 8 nitrogen and oxygen atoms in total. The lowest BCUT2D eigenvalue weighted by Gasteiger charge is -2.42. The molecular formula is C20H20F2N4O4. The second kappa shape index (κ2) is 7.42. The summed E-state index contributed by atoms with van der Waals surface area (Å²) in [4.78, 5) is 29.1. The Labute approximate surface area is 170 Å². The van der Waals surface area contributed by atoms with Gasteiger partial charge in [0.1, 0.15) is 0 Å². The molecule has 2 fully saturated rings. The minimum atomic E-state index is -2.85. The van der Waals surface area contributed by atoms with Crippen LogP contribution in [-0.2, 0) is 16.1 Å². The van der Waals surface area contributed by atoms with E-state index in [0.29, 0.717) is 50.3 Å². The first kappa shape index (κ1) is 19.1. The van der Waals surface area contributed by atoms with Gasteiger partial charge < -0.3 is 19.0 Å². The van der Waals surface area contributed by atoms with Gasteiger partial charge in [0, 0.05) is 37.2 Å². The predicted molar refractivity (Wildman–Crippen MR) is 98.5 cm³/mol. The molecule has 1 aromatic heterocycles. The monoisotopic (exact) mass is 418 g/mol. The Bertz CT molecular complexity index is 995. The number of hydrogen-bond donors (Lipinski definition) is 0. The molecule has 3 aliphatic rings. The SMILES string of the molecule is O=C1CCCN1[C@@H]1COCC[C@H]1N1Cc2ccc(-c3nnc(C(F)F)o3)cc2C1=O. The van der Waals surface area contributed by atoms with Crippen molar-refractivity contribution in [3.8, 4) is 11.5 Å². The van der Waals surface area contributed by atoms with E-state index in [0.717, 1.165) is 12.0 Å². The summed E-state index contributed by atoms with van der Waals surface area (Å²) in [6.07, 6.45) is -0.838. The van der Waals surface area contributed by atoms with Gasteiger partial charge in [-0.15, -0.1) is 10.2 Å². The smallest absolute Gasteiger partial charge is 0.314 e. The molecule has 10 heteroatoms. The number of hydrogen-bond acceptors (Lipinski definition) is 6. The Morgan fingerprint density at radius 2 is 2.00 bits per heavy atom. The summed E-state index contributed by atoms with van der Waals surface area (Å²) in [6.45, 7) is 2.07. The summed E-state index contributed by atoms with van der Waals surface area (Å²) in [5.74, 6) is -0.845. The van der Waals surface area contributed by atoms with E-state index >= 15 is 0 Å². The van der Waals surface area contributed by atoms with Gasteiger partial charge >= 0.3 is 6.43 Å². The van der Waals surface area contributed by atoms with E-state index in [-0.39, 0.29) is 29.8 Å².